The van der Waals surface area contributed by atoms with E-state index < -0.39 is 5.92 Å². The molecule has 2 aromatic heterocycles. The number of imidazole rings is 2. The van der Waals surface area contributed by atoms with Gasteiger partial charge in [0.1, 0.15) is 11.6 Å². The highest BCUT2D eigenvalue weighted by atomic mass is 19.3. The molecule has 6 nitrogen and oxygen atoms in total. The summed E-state index contributed by atoms with van der Waals surface area (Å²) in [4.78, 5) is 16.2. The third kappa shape index (κ3) is 4.18. The molecule has 3 aromatic carbocycles. The molecule has 1 aliphatic heterocycles. The fourth-order valence-corrected chi connectivity index (χ4v) is 7.56. The molecular weight excluding hydrogens is 542 g/mol. The number of hydrogen-bond donors (Lipinski definition) is 4. The van der Waals surface area contributed by atoms with Gasteiger partial charge in [0, 0.05) is 29.3 Å². The van der Waals surface area contributed by atoms with Gasteiger partial charge in [-0.1, -0.05) is 37.3 Å². The number of piperidine rings is 1. The fraction of sp³-hybridized carbons (Fsp3) is 0.371. The van der Waals surface area contributed by atoms with E-state index in [1.54, 1.807) is 18.3 Å². The molecule has 0 amide bonds. The number of hydrogen-bond acceptors (Lipinski definition) is 4. The minimum Gasteiger partial charge on any atom is -0.341 e. The topological polar surface area (TPSA) is 81.4 Å². The molecule has 3 aliphatic carbocycles. The maximum absolute atomic E-state index is 16.1. The second kappa shape index (κ2) is 9.07. The first-order valence-corrected chi connectivity index (χ1v) is 15.5. The lowest BCUT2D eigenvalue weighted by Gasteiger charge is -2.20. The van der Waals surface area contributed by atoms with Gasteiger partial charge in [-0.25, -0.2) is 9.97 Å². The van der Waals surface area contributed by atoms with Crippen molar-refractivity contribution >= 4 is 11.0 Å². The maximum atomic E-state index is 16.1. The quantitative estimate of drug-likeness (QED) is 0.162. The van der Waals surface area contributed by atoms with Gasteiger partial charge in [0.25, 0.3) is 5.92 Å². The second-order valence-corrected chi connectivity index (χ2v) is 13.5. The summed E-state index contributed by atoms with van der Waals surface area (Å²) in [6.07, 6.45) is 7.98. The predicted molar refractivity (Wildman–Crippen MR) is 164 cm³/mol. The average Bonchev–Trinajstić information content (AvgIpc) is 3.59. The summed E-state index contributed by atoms with van der Waals surface area (Å²) in [5, 5.41) is 7.17. The zero-order valence-electron chi connectivity index (χ0n) is 24.1. The Hall–Kier alpha value is -3.88. The number of fused-ring (bicyclic) bond motifs is 6. The normalized spacial score (nSPS) is 24.0. The molecule has 1 saturated heterocycles. The number of halogens is 2. The van der Waals surface area contributed by atoms with E-state index in [9.17, 15) is 0 Å². The Morgan fingerprint density at radius 1 is 0.907 bits per heavy atom. The van der Waals surface area contributed by atoms with E-state index in [4.69, 9.17) is 4.98 Å². The summed E-state index contributed by atoms with van der Waals surface area (Å²) in [6, 6.07) is 17.7. The van der Waals surface area contributed by atoms with Gasteiger partial charge in [-0.15, -0.1) is 0 Å². The number of alkyl halides is 2. The van der Waals surface area contributed by atoms with Crippen LogP contribution in [-0.2, 0) is 12.5 Å². The first-order chi connectivity index (χ1) is 20.8. The Bertz CT molecular complexity index is 1900. The van der Waals surface area contributed by atoms with Gasteiger partial charge in [-0.2, -0.15) is 8.78 Å². The van der Waals surface area contributed by atoms with Crippen molar-refractivity contribution in [3.63, 3.8) is 0 Å². The zero-order chi connectivity index (χ0) is 28.9. The van der Waals surface area contributed by atoms with Crippen LogP contribution in [0.5, 0.6) is 0 Å². The number of rotatable bonds is 7. The third-order valence-corrected chi connectivity index (χ3v) is 10.4. The second-order valence-electron chi connectivity index (χ2n) is 13.5. The number of aromatic nitrogens is 4. The zero-order valence-corrected chi connectivity index (χ0v) is 24.1. The molecule has 3 atom stereocenters. The maximum Gasteiger partial charge on any atom is 0.299 e. The Morgan fingerprint density at radius 2 is 1.65 bits per heavy atom. The van der Waals surface area contributed by atoms with Crippen LogP contribution in [0.15, 0.2) is 60.8 Å². The van der Waals surface area contributed by atoms with Crippen molar-refractivity contribution in [2.75, 3.05) is 6.54 Å². The number of nitrogens with zero attached hydrogens (tertiary/aromatic N) is 2. The van der Waals surface area contributed by atoms with Crippen LogP contribution in [0.3, 0.4) is 0 Å². The van der Waals surface area contributed by atoms with E-state index in [1.807, 2.05) is 42.5 Å². The lowest BCUT2D eigenvalue weighted by Crippen LogP contribution is -2.29. The van der Waals surface area contributed by atoms with Crippen molar-refractivity contribution in [1.82, 2.24) is 30.6 Å². The summed E-state index contributed by atoms with van der Waals surface area (Å²) in [5.74, 6) is -0.662. The SMILES string of the molecule is CC1(CNCc2ncc(-c3ccc4c(c3)C(F)(F)c3cc(-c5ccc6nc([C@H]7N[C@@H]8CC[C@H]7C8)[nH]c6c5)ccc3-4)[nH]2)CC1. The van der Waals surface area contributed by atoms with Crippen molar-refractivity contribution in [1.29, 1.82) is 0 Å². The average molecular weight is 577 g/mol. The molecule has 9 rings (SSSR count). The predicted octanol–water partition coefficient (Wildman–Crippen LogP) is 7.44. The minimum absolute atomic E-state index is 0.0418. The molecule has 0 radical (unpaired) electrons. The van der Waals surface area contributed by atoms with Crippen LogP contribution in [0.25, 0.3) is 44.5 Å². The van der Waals surface area contributed by atoms with Crippen LogP contribution in [-0.4, -0.2) is 32.5 Å². The van der Waals surface area contributed by atoms with Crippen LogP contribution in [0.2, 0.25) is 0 Å². The number of H-pyrrole nitrogens is 2. The molecule has 5 aromatic rings. The molecule has 0 unspecified atom stereocenters. The van der Waals surface area contributed by atoms with Gasteiger partial charge in [-0.05, 0) is 90.0 Å². The molecule has 4 N–H and O–H groups in total. The lowest BCUT2D eigenvalue weighted by molar-refractivity contribution is 0.0481. The van der Waals surface area contributed by atoms with Gasteiger partial charge >= 0.3 is 0 Å². The number of aromatic amines is 2. The first-order valence-electron chi connectivity index (χ1n) is 15.5. The van der Waals surface area contributed by atoms with Gasteiger partial charge in [0.05, 0.1) is 35.5 Å². The molecule has 8 heteroatoms. The van der Waals surface area contributed by atoms with E-state index in [1.165, 1.54) is 32.1 Å². The van der Waals surface area contributed by atoms with Gasteiger partial charge in [-0.3, -0.25) is 0 Å². The summed E-state index contributed by atoms with van der Waals surface area (Å²) < 4.78 is 32.1. The summed E-state index contributed by atoms with van der Waals surface area (Å²) >= 11 is 0. The summed E-state index contributed by atoms with van der Waals surface area (Å²) in [5.41, 5.74) is 6.66. The van der Waals surface area contributed by atoms with Crippen molar-refractivity contribution in [2.24, 2.45) is 11.3 Å². The molecular formula is C35H34F2N6. The largest absolute Gasteiger partial charge is 0.341 e. The van der Waals surface area contributed by atoms with Crippen LogP contribution in [0, 0.1) is 11.3 Å². The summed E-state index contributed by atoms with van der Waals surface area (Å²) in [7, 11) is 0. The standard InChI is InChI=1S/C35H34F2N6/c1-34(10-11-34)18-38-17-31-39-16-30(41-31)21-4-8-25-24-7-3-19(13-26(24)35(36,37)27(25)14-21)20-5-9-28-29(15-20)43-33(42-28)32-22-2-6-23(12-22)40-32/h3-5,7-9,13-16,22-23,32,38,40H,2,6,10-12,17-18H2,1H3,(H,39,41)(H,42,43)/t22-,23+,32-/m0/s1. The van der Waals surface area contributed by atoms with Gasteiger partial charge in [0.15, 0.2) is 0 Å². The van der Waals surface area contributed by atoms with Crippen molar-refractivity contribution in [3.8, 4) is 33.5 Å². The third-order valence-electron chi connectivity index (χ3n) is 10.4. The van der Waals surface area contributed by atoms with Crippen molar-refractivity contribution in [3.05, 3.63) is 83.6 Å². The number of nitrogens with one attached hydrogen (secondary N) is 4. The van der Waals surface area contributed by atoms with Crippen LogP contribution in [0.1, 0.15) is 67.8 Å². The van der Waals surface area contributed by atoms with Crippen molar-refractivity contribution in [2.45, 2.75) is 63.6 Å². The monoisotopic (exact) mass is 576 g/mol. The van der Waals surface area contributed by atoms with Gasteiger partial charge in [0.2, 0.25) is 0 Å². The van der Waals surface area contributed by atoms with E-state index in [2.05, 4.69) is 32.5 Å². The highest BCUT2D eigenvalue weighted by molar-refractivity contribution is 5.86. The molecule has 3 heterocycles. The first kappa shape index (κ1) is 25.6. The number of benzene rings is 3. The van der Waals surface area contributed by atoms with E-state index in [0.717, 1.165) is 46.0 Å². The minimum atomic E-state index is -3.10. The molecule has 3 fully saturated rings. The Kier molecular flexibility index (Phi) is 5.40. The van der Waals surface area contributed by atoms with Crippen LogP contribution >= 0.6 is 0 Å². The molecule has 2 saturated carbocycles. The smallest absolute Gasteiger partial charge is 0.299 e. The van der Waals surface area contributed by atoms with Crippen LogP contribution < -0.4 is 10.6 Å². The Labute approximate surface area is 248 Å². The highest BCUT2D eigenvalue weighted by Crippen LogP contribution is 2.53. The lowest BCUT2D eigenvalue weighted by atomic mass is 9.98. The molecule has 43 heavy (non-hydrogen) atoms. The van der Waals surface area contributed by atoms with Crippen LogP contribution in [0.4, 0.5) is 8.78 Å². The van der Waals surface area contributed by atoms with E-state index >= 15 is 8.78 Å². The highest BCUT2D eigenvalue weighted by Gasteiger charge is 2.45. The van der Waals surface area contributed by atoms with Gasteiger partial charge < -0.3 is 20.6 Å². The van der Waals surface area contributed by atoms with E-state index in [-0.39, 0.29) is 17.2 Å². The molecule has 218 valence electrons. The van der Waals surface area contributed by atoms with Crippen molar-refractivity contribution < 1.29 is 8.78 Å². The Balaban J connectivity index is 0.986. The Morgan fingerprint density at radius 3 is 2.40 bits per heavy atom. The summed E-state index contributed by atoms with van der Waals surface area (Å²) in [6.45, 7) is 3.88. The molecule has 2 bridgehead atoms. The van der Waals surface area contributed by atoms with E-state index in [0.29, 0.717) is 40.6 Å². The molecule has 0 spiro atoms. The molecule has 4 aliphatic rings. The fourth-order valence-electron chi connectivity index (χ4n) is 7.56.